The van der Waals surface area contributed by atoms with E-state index < -0.39 is 71.4 Å². The second-order valence-corrected chi connectivity index (χ2v) is 17.0. The fraction of sp³-hybridized carbons (Fsp3) is 0.707. The molecular weight excluding hydrogens is 687 g/mol. The van der Waals surface area contributed by atoms with Crippen LogP contribution in [0.25, 0.3) is 0 Å². The lowest BCUT2D eigenvalue weighted by Crippen LogP contribution is -2.58. The molecule has 1 saturated carbocycles. The molecule has 2 amide bonds. The first kappa shape index (κ1) is 40.6. The Balaban J connectivity index is 1.67. The second kappa shape index (κ2) is 16.0. The van der Waals surface area contributed by atoms with Crippen LogP contribution in [-0.2, 0) is 25.5 Å². The highest BCUT2D eigenvalue weighted by Gasteiger charge is 2.55. The van der Waals surface area contributed by atoms with Crippen LogP contribution >= 0.6 is 0 Å². The smallest absolute Gasteiger partial charge is 0.408 e. The second-order valence-electron chi connectivity index (χ2n) is 17.0. The third-order valence-electron chi connectivity index (χ3n) is 11.8. The number of rotatable bonds is 5. The molecule has 4 aliphatic rings. The summed E-state index contributed by atoms with van der Waals surface area (Å²) in [5, 5.41) is 2.80. The van der Waals surface area contributed by atoms with Gasteiger partial charge >= 0.3 is 12.3 Å². The Kier molecular flexibility index (Phi) is 12.3. The van der Waals surface area contributed by atoms with Crippen molar-refractivity contribution in [3.63, 3.8) is 0 Å². The molecular formula is C41H58F3N3O6. The van der Waals surface area contributed by atoms with E-state index in [1.54, 1.807) is 47.8 Å². The van der Waals surface area contributed by atoms with Gasteiger partial charge in [0.15, 0.2) is 5.78 Å². The number of nitrogens with zero attached hydrogens (tertiary/aromatic N) is 2. The van der Waals surface area contributed by atoms with Gasteiger partial charge in [0.2, 0.25) is 11.8 Å². The zero-order chi connectivity index (χ0) is 38.9. The van der Waals surface area contributed by atoms with E-state index in [2.05, 4.69) is 12.2 Å². The number of aliphatic imine (C=N–C) groups is 1. The summed E-state index contributed by atoms with van der Waals surface area (Å²) >= 11 is 0. The maximum atomic E-state index is 14.7. The number of halogens is 3. The van der Waals surface area contributed by atoms with Crippen molar-refractivity contribution >= 4 is 29.4 Å². The van der Waals surface area contributed by atoms with E-state index in [0.717, 1.165) is 55.2 Å². The standard InChI is InChI=1S/C41H58F3N3O6/c1-9-25-20-26-17-18-28(51-8)21-31(26)45-36-29(25)16-12-10-11-14-27-15-13-19-40(27,7)53-38(50)46-35(39(4,5)6)37(49)47-23-32(52-36)30(22-41(42,43)44)33(47)34(48)24(2)3/h17-18,21,24,27,30,32-33,35H,9-16,19-20,22-23H2,1-8H3,(H,46,50). The van der Waals surface area contributed by atoms with Gasteiger partial charge in [0, 0.05) is 23.5 Å². The molecule has 6 unspecified atom stereocenters. The van der Waals surface area contributed by atoms with Gasteiger partial charge in [0.1, 0.15) is 23.5 Å². The molecule has 53 heavy (non-hydrogen) atoms. The van der Waals surface area contributed by atoms with Gasteiger partial charge in [-0.15, -0.1) is 0 Å². The van der Waals surface area contributed by atoms with E-state index in [0.29, 0.717) is 37.1 Å². The maximum Gasteiger partial charge on any atom is 0.408 e. The molecule has 0 aromatic heterocycles. The Morgan fingerprint density at radius 1 is 1.11 bits per heavy atom. The molecule has 1 N–H and O–H groups in total. The van der Waals surface area contributed by atoms with E-state index in [-0.39, 0.29) is 18.4 Å². The van der Waals surface area contributed by atoms with Crippen molar-refractivity contribution in [2.45, 2.75) is 149 Å². The minimum Gasteiger partial charge on any atom is -0.497 e. The molecule has 1 aromatic rings. The SMILES string of the molecule is CCC1=C2CCCCCC3CCCC3(C)OC(=O)NC(C(C)(C)C)C(=O)N3CC(OC2=Nc2cc(OC)ccc2C1)C(CC(F)(F)F)C3C(=O)C(C)C. The lowest BCUT2D eigenvalue weighted by atomic mass is 9.84. The molecule has 1 aliphatic carbocycles. The number of amides is 2. The van der Waals surface area contributed by atoms with Gasteiger partial charge in [-0.3, -0.25) is 9.59 Å². The van der Waals surface area contributed by atoms with Crippen LogP contribution < -0.4 is 10.1 Å². The van der Waals surface area contributed by atoms with Crippen LogP contribution in [0.15, 0.2) is 34.3 Å². The van der Waals surface area contributed by atoms with Crippen LogP contribution in [0.1, 0.15) is 118 Å². The molecule has 5 rings (SSSR count). The summed E-state index contributed by atoms with van der Waals surface area (Å²) in [7, 11) is 1.56. The molecule has 6 atom stereocenters. The average Bonchev–Trinajstić information content (AvgIpc) is 3.55. The molecule has 3 aliphatic heterocycles. The molecule has 3 heterocycles. The fourth-order valence-corrected chi connectivity index (χ4v) is 8.73. The summed E-state index contributed by atoms with van der Waals surface area (Å²) in [5.74, 6) is -2.26. The van der Waals surface area contributed by atoms with E-state index in [9.17, 15) is 27.6 Å². The number of carbonyl (C=O) groups excluding carboxylic acids is 3. The Hall–Kier alpha value is -3.57. The van der Waals surface area contributed by atoms with E-state index in [4.69, 9.17) is 19.2 Å². The monoisotopic (exact) mass is 745 g/mol. The molecule has 0 radical (unpaired) electrons. The molecule has 3 fully saturated rings. The quantitative estimate of drug-likeness (QED) is 0.323. The summed E-state index contributed by atoms with van der Waals surface area (Å²) in [6.45, 7) is 12.3. The number of nitrogens with one attached hydrogen (secondary N) is 1. The number of ketones is 1. The van der Waals surface area contributed by atoms with E-state index >= 15 is 0 Å². The zero-order valence-electron chi connectivity index (χ0n) is 32.7. The van der Waals surface area contributed by atoms with E-state index in [1.165, 1.54) is 4.90 Å². The molecule has 2 bridgehead atoms. The van der Waals surface area contributed by atoms with Crippen molar-refractivity contribution in [2.75, 3.05) is 13.7 Å². The predicted molar refractivity (Wildman–Crippen MR) is 197 cm³/mol. The molecule has 294 valence electrons. The van der Waals surface area contributed by atoms with Crippen LogP contribution in [0.3, 0.4) is 0 Å². The number of benzene rings is 1. The number of carbonyl (C=O) groups is 3. The van der Waals surface area contributed by atoms with Gasteiger partial charge in [-0.1, -0.05) is 66.0 Å². The summed E-state index contributed by atoms with van der Waals surface area (Å²) in [6, 6.07) is 2.99. The van der Waals surface area contributed by atoms with Gasteiger partial charge in [-0.05, 0) is 81.3 Å². The van der Waals surface area contributed by atoms with Crippen LogP contribution in [0.4, 0.5) is 23.7 Å². The number of allylic oxidation sites excluding steroid dienone is 1. The molecule has 9 nitrogen and oxygen atoms in total. The van der Waals surface area contributed by atoms with Crippen molar-refractivity contribution < 1.29 is 41.8 Å². The topological polar surface area (TPSA) is 107 Å². The fourth-order valence-electron chi connectivity index (χ4n) is 8.73. The largest absolute Gasteiger partial charge is 0.497 e. The first-order valence-corrected chi connectivity index (χ1v) is 19.4. The number of methoxy groups -OCH3 is 1. The van der Waals surface area contributed by atoms with Crippen molar-refractivity contribution in [3.8, 4) is 5.75 Å². The van der Waals surface area contributed by atoms with Crippen LogP contribution in [0.2, 0.25) is 0 Å². The van der Waals surface area contributed by atoms with Gasteiger partial charge in [-0.2, -0.15) is 13.2 Å². The zero-order valence-corrected chi connectivity index (χ0v) is 32.7. The van der Waals surface area contributed by atoms with Crippen molar-refractivity contribution in [2.24, 2.45) is 28.2 Å². The van der Waals surface area contributed by atoms with Crippen LogP contribution in [0, 0.1) is 23.2 Å². The van der Waals surface area contributed by atoms with Crippen LogP contribution in [0.5, 0.6) is 5.75 Å². The minimum atomic E-state index is -4.66. The lowest BCUT2D eigenvalue weighted by Gasteiger charge is -2.37. The highest BCUT2D eigenvalue weighted by atomic mass is 19.4. The summed E-state index contributed by atoms with van der Waals surface area (Å²) < 4.78 is 61.9. The van der Waals surface area contributed by atoms with Gasteiger partial charge in [0.25, 0.3) is 0 Å². The van der Waals surface area contributed by atoms with Crippen LogP contribution in [-0.4, -0.2) is 72.2 Å². The normalized spacial score (nSPS) is 29.1. The first-order chi connectivity index (χ1) is 24.8. The number of alkyl carbamates (subject to hydrolysis) is 1. The lowest BCUT2D eigenvalue weighted by molar-refractivity contribution is -0.157. The Bertz CT molecular complexity index is 1600. The maximum absolute atomic E-state index is 14.7. The highest BCUT2D eigenvalue weighted by molar-refractivity contribution is 5.98. The highest BCUT2D eigenvalue weighted by Crippen LogP contribution is 2.44. The van der Waals surface area contributed by atoms with Gasteiger partial charge < -0.3 is 24.4 Å². The number of fused-ring (bicyclic) bond motifs is 5. The number of hydrogen-bond donors (Lipinski definition) is 1. The van der Waals surface area contributed by atoms with Crippen molar-refractivity contribution in [1.82, 2.24) is 10.2 Å². The van der Waals surface area contributed by atoms with Crippen molar-refractivity contribution in [3.05, 3.63) is 34.9 Å². The van der Waals surface area contributed by atoms with E-state index in [1.807, 2.05) is 19.1 Å². The Labute approximate surface area is 312 Å². The number of ether oxygens (including phenoxy) is 3. The number of Topliss-reactive ketones (excluding diaryl/α,β-unsaturated/α-hetero) is 1. The molecule has 2 saturated heterocycles. The molecule has 0 spiro atoms. The average molecular weight is 746 g/mol. The number of hydrogen-bond acceptors (Lipinski definition) is 7. The third kappa shape index (κ3) is 9.22. The Morgan fingerprint density at radius 2 is 1.83 bits per heavy atom. The third-order valence-corrected chi connectivity index (χ3v) is 11.8. The summed E-state index contributed by atoms with van der Waals surface area (Å²) in [5.41, 5.74) is 1.91. The number of alkyl halides is 3. The summed E-state index contributed by atoms with van der Waals surface area (Å²) in [4.78, 5) is 48.6. The minimum absolute atomic E-state index is 0.152. The summed E-state index contributed by atoms with van der Waals surface area (Å²) in [6.07, 6.45) is -0.0324. The predicted octanol–water partition coefficient (Wildman–Crippen LogP) is 9.04. The van der Waals surface area contributed by atoms with Gasteiger partial charge in [0.05, 0.1) is 31.8 Å². The Morgan fingerprint density at radius 3 is 2.47 bits per heavy atom. The molecule has 1 aromatic carbocycles. The first-order valence-electron chi connectivity index (χ1n) is 19.4. The van der Waals surface area contributed by atoms with Gasteiger partial charge in [-0.25, -0.2) is 9.79 Å². The van der Waals surface area contributed by atoms with Crippen molar-refractivity contribution in [1.29, 1.82) is 0 Å². The molecule has 12 heteroatoms.